The molecule has 0 amide bonds. The lowest BCUT2D eigenvalue weighted by Gasteiger charge is -2.08. The van der Waals surface area contributed by atoms with Crippen molar-refractivity contribution in [2.75, 3.05) is 17.3 Å². The molecule has 1 aromatic heterocycles. The highest BCUT2D eigenvalue weighted by Gasteiger charge is 2.02. The third kappa shape index (κ3) is 3.96. The normalized spacial score (nSPS) is 10.3. The fourth-order valence-electron chi connectivity index (χ4n) is 1.57. The van der Waals surface area contributed by atoms with Gasteiger partial charge in [0.25, 0.3) is 0 Å². The van der Waals surface area contributed by atoms with Crippen LogP contribution in [-0.4, -0.2) is 16.5 Å². The fourth-order valence-corrected chi connectivity index (χ4v) is 2.07. The Balaban J connectivity index is 1.92. The molecule has 0 saturated carbocycles. The van der Waals surface area contributed by atoms with Crippen LogP contribution < -0.4 is 16.6 Å². The topological polar surface area (TPSA) is 75.9 Å². The fraction of sp³-hybridized carbons (Fsp3) is 0.167. The lowest BCUT2D eigenvalue weighted by atomic mass is 10.1. The van der Waals surface area contributed by atoms with Gasteiger partial charge in [-0.05, 0) is 24.1 Å². The Kier molecular flexibility index (Phi) is 4.79. The van der Waals surface area contributed by atoms with E-state index in [4.69, 9.17) is 29.0 Å². The standard InChI is InChI=1S/C12H13Cl2N5/c13-9-2-1-8(10(14)5-9)3-4-17-11-6-16-7-12(18-11)19-15/h1-2,5-7H,3-4,15H2,(H2,17,18,19). The van der Waals surface area contributed by atoms with Crippen LogP contribution in [0.2, 0.25) is 10.0 Å². The van der Waals surface area contributed by atoms with Gasteiger partial charge < -0.3 is 10.7 Å². The number of benzene rings is 1. The number of hydrogen-bond acceptors (Lipinski definition) is 5. The Labute approximate surface area is 121 Å². The van der Waals surface area contributed by atoms with Gasteiger partial charge in [-0.15, -0.1) is 0 Å². The lowest BCUT2D eigenvalue weighted by Crippen LogP contribution is -2.11. The second kappa shape index (κ2) is 6.56. The van der Waals surface area contributed by atoms with Crippen molar-refractivity contribution in [2.24, 2.45) is 5.84 Å². The molecule has 4 N–H and O–H groups in total. The predicted octanol–water partition coefficient (Wildman–Crippen LogP) is 2.72. The van der Waals surface area contributed by atoms with Gasteiger partial charge in [0.2, 0.25) is 0 Å². The van der Waals surface area contributed by atoms with Crippen LogP contribution in [0.4, 0.5) is 11.6 Å². The van der Waals surface area contributed by atoms with E-state index in [9.17, 15) is 0 Å². The molecule has 0 atom stereocenters. The Morgan fingerprint density at radius 2 is 1.95 bits per heavy atom. The first-order valence-electron chi connectivity index (χ1n) is 5.65. The molecule has 1 heterocycles. The van der Waals surface area contributed by atoms with Gasteiger partial charge in [-0.2, -0.15) is 0 Å². The molecule has 0 fully saturated rings. The summed E-state index contributed by atoms with van der Waals surface area (Å²) < 4.78 is 0. The Morgan fingerprint density at radius 1 is 1.16 bits per heavy atom. The van der Waals surface area contributed by atoms with E-state index in [0.29, 0.717) is 28.2 Å². The van der Waals surface area contributed by atoms with E-state index in [1.165, 1.54) is 0 Å². The summed E-state index contributed by atoms with van der Waals surface area (Å²) in [5.74, 6) is 6.42. The SMILES string of the molecule is NNc1cncc(NCCc2ccc(Cl)cc2Cl)n1. The van der Waals surface area contributed by atoms with Gasteiger partial charge in [0.1, 0.15) is 5.82 Å². The first kappa shape index (κ1) is 13.9. The molecule has 2 rings (SSSR count). The number of aromatic nitrogens is 2. The number of nitrogens with zero attached hydrogens (tertiary/aromatic N) is 2. The van der Waals surface area contributed by atoms with E-state index in [1.54, 1.807) is 18.5 Å². The van der Waals surface area contributed by atoms with Crippen LogP contribution in [0.1, 0.15) is 5.56 Å². The minimum Gasteiger partial charge on any atom is -0.368 e. The summed E-state index contributed by atoms with van der Waals surface area (Å²) in [6.07, 6.45) is 3.93. The molecule has 0 bridgehead atoms. The zero-order valence-corrected chi connectivity index (χ0v) is 11.5. The van der Waals surface area contributed by atoms with Gasteiger partial charge in [-0.3, -0.25) is 4.98 Å². The smallest absolute Gasteiger partial charge is 0.160 e. The molecule has 19 heavy (non-hydrogen) atoms. The van der Waals surface area contributed by atoms with Gasteiger partial charge in [-0.1, -0.05) is 29.3 Å². The van der Waals surface area contributed by atoms with Crippen molar-refractivity contribution in [3.05, 3.63) is 46.2 Å². The molecular weight excluding hydrogens is 285 g/mol. The van der Waals surface area contributed by atoms with E-state index in [2.05, 4.69) is 20.7 Å². The molecule has 0 spiro atoms. The molecule has 0 aliphatic heterocycles. The number of nitrogens with one attached hydrogen (secondary N) is 2. The number of halogens is 2. The van der Waals surface area contributed by atoms with E-state index >= 15 is 0 Å². The molecule has 100 valence electrons. The molecule has 0 unspecified atom stereocenters. The molecule has 0 saturated heterocycles. The van der Waals surface area contributed by atoms with Gasteiger partial charge in [0.05, 0.1) is 12.4 Å². The number of rotatable bonds is 5. The monoisotopic (exact) mass is 297 g/mol. The van der Waals surface area contributed by atoms with Gasteiger partial charge in [0.15, 0.2) is 5.82 Å². The first-order valence-corrected chi connectivity index (χ1v) is 6.41. The summed E-state index contributed by atoms with van der Waals surface area (Å²) in [4.78, 5) is 8.19. The van der Waals surface area contributed by atoms with Gasteiger partial charge in [-0.25, -0.2) is 10.8 Å². The molecule has 5 nitrogen and oxygen atoms in total. The van der Waals surface area contributed by atoms with E-state index in [1.807, 2.05) is 12.1 Å². The average Bonchev–Trinajstić information content (AvgIpc) is 2.41. The van der Waals surface area contributed by atoms with E-state index in [-0.39, 0.29) is 0 Å². The second-order valence-corrected chi connectivity index (χ2v) is 4.69. The molecule has 1 aromatic carbocycles. The van der Waals surface area contributed by atoms with Crippen LogP contribution in [0.25, 0.3) is 0 Å². The molecule has 2 aromatic rings. The van der Waals surface area contributed by atoms with Crippen molar-refractivity contribution in [2.45, 2.75) is 6.42 Å². The minimum absolute atomic E-state index is 0.509. The van der Waals surface area contributed by atoms with E-state index < -0.39 is 0 Å². The van der Waals surface area contributed by atoms with Crippen molar-refractivity contribution in [3.63, 3.8) is 0 Å². The number of hydrogen-bond donors (Lipinski definition) is 3. The second-order valence-electron chi connectivity index (χ2n) is 3.85. The van der Waals surface area contributed by atoms with Crippen molar-refractivity contribution in [1.29, 1.82) is 0 Å². The maximum atomic E-state index is 6.09. The molecule has 0 aliphatic rings. The van der Waals surface area contributed by atoms with E-state index in [0.717, 1.165) is 12.0 Å². The van der Waals surface area contributed by atoms with Crippen LogP contribution in [-0.2, 0) is 6.42 Å². The number of hydrazine groups is 1. The zero-order valence-electron chi connectivity index (χ0n) is 10.0. The molecule has 7 heteroatoms. The number of anilines is 2. The van der Waals surface area contributed by atoms with Crippen LogP contribution in [0, 0.1) is 0 Å². The van der Waals surface area contributed by atoms with Crippen molar-refractivity contribution in [1.82, 2.24) is 9.97 Å². The summed E-state index contributed by atoms with van der Waals surface area (Å²) in [6, 6.07) is 5.47. The summed E-state index contributed by atoms with van der Waals surface area (Å²) in [6.45, 7) is 0.685. The quantitative estimate of drug-likeness (QED) is 0.584. The van der Waals surface area contributed by atoms with Crippen LogP contribution >= 0.6 is 23.2 Å². The molecule has 0 radical (unpaired) electrons. The zero-order chi connectivity index (χ0) is 13.7. The third-order valence-corrected chi connectivity index (χ3v) is 3.08. The summed E-state index contributed by atoms with van der Waals surface area (Å²) in [7, 11) is 0. The van der Waals surface area contributed by atoms with Crippen LogP contribution in [0.15, 0.2) is 30.6 Å². The van der Waals surface area contributed by atoms with Crippen molar-refractivity contribution in [3.8, 4) is 0 Å². The van der Waals surface area contributed by atoms with Crippen LogP contribution in [0.3, 0.4) is 0 Å². The summed E-state index contributed by atoms with van der Waals surface area (Å²) >= 11 is 11.9. The van der Waals surface area contributed by atoms with Crippen LogP contribution in [0.5, 0.6) is 0 Å². The lowest BCUT2D eigenvalue weighted by molar-refractivity contribution is 0.998. The first-order chi connectivity index (χ1) is 9.19. The largest absolute Gasteiger partial charge is 0.368 e. The Hall–Kier alpha value is -1.56. The van der Waals surface area contributed by atoms with Gasteiger partial charge >= 0.3 is 0 Å². The van der Waals surface area contributed by atoms with Crippen molar-refractivity contribution >= 4 is 34.8 Å². The Bertz CT molecular complexity index is 562. The predicted molar refractivity (Wildman–Crippen MR) is 78.5 cm³/mol. The maximum Gasteiger partial charge on any atom is 0.160 e. The third-order valence-electron chi connectivity index (χ3n) is 2.50. The molecule has 0 aliphatic carbocycles. The molecular formula is C12H13Cl2N5. The van der Waals surface area contributed by atoms with Crippen molar-refractivity contribution < 1.29 is 0 Å². The maximum absolute atomic E-state index is 6.09. The number of nitrogen functional groups attached to an aromatic ring is 1. The highest BCUT2D eigenvalue weighted by atomic mass is 35.5. The average molecular weight is 298 g/mol. The number of nitrogens with two attached hydrogens (primary N) is 1. The highest BCUT2D eigenvalue weighted by molar-refractivity contribution is 6.35. The summed E-state index contributed by atoms with van der Waals surface area (Å²) in [5, 5.41) is 4.45. The minimum atomic E-state index is 0.509. The Morgan fingerprint density at radius 3 is 2.68 bits per heavy atom. The van der Waals surface area contributed by atoms with Gasteiger partial charge in [0, 0.05) is 16.6 Å². The highest BCUT2D eigenvalue weighted by Crippen LogP contribution is 2.21. The summed E-state index contributed by atoms with van der Waals surface area (Å²) in [5.41, 5.74) is 3.47.